The van der Waals surface area contributed by atoms with E-state index in [9.17, 15) is 4.79 Å². The van der Waals surface area contributed by atoms with E-state index in [1.165, 1.54) is 12.4 Å². The fourth-order valence-corrected chi connectivity index (χ4v) is 1.54. The van der Waals surface area contributed by atoms with Gasteiger partial charge in [-0.25, -0.2) is 9.97 Å². The van der Waals surface area contributed by atoms with Crippen LogP contribution in [0.4, 0.5) is 11.5 Å². The molecule has 18 heavy (non-hydrogen) atoms. The standard InChI is InChI=1S/C11H14N6O/c1-3-7-9(6-17(2)16-7)15-11(18)8-4-14-10(12)5-13-8/h4-6H,3H2,1-2H3,(H2,12,14)(H,15,18). The van der Waals surface area contributed by atoms with Crippen molar-refractivity contribution in [2.45, 2.75) is 13.3 Å². The number of carbonyl (C=O) groups is 1. The number of nitrogens with one attached hydrogen (secondary N) is 1. The first-order chi connectivity index (χ1) is 8.60. The number of rotatable bonds is 3. The van der Waals surface area contributed by atoms with Gasteiger partial charge in [0.15, 0.2) is 0 Å². The molecule has 0 aromatic carbocycles. The minimum absolute atomic E-state index is 0.218. The fourth-order valence-electron chi connectivity index (χ4n) is 1.54. The van der Waals surface area contributed by atoms with E-state index in [1.54, 1.807) is 17.9 Å². The minimum Gasteiger partial charge on any atom is -0.382 e. The molecule has 3 N–H and O–H groups in total. The normalized spacial score (nSPS) is 10.3. The molecule has 0 aliphatic heterocycles. The first-order valence-corrected chi connectivity index (χ1v) is 5.51. The highest BCUT2D eigenvalue weighted by Gasteiger charge is 2.12. The summed E-state index contributed by atoms with van der Waals surface area (Å²) in [6.07, 6.45) is 5.18. The third-order valence-electron chi connectivity index (χ3n) is 2.39. The molecule has 0 saturated heterocycles. The van der Waals surface area contributed by atoms with E-state index < -0.39 is 0 Å². The van der Waals surface area contributed by atoms with Crippen LogP contribution in [0.5, 0.6) is 0 Å². The molecule has 7 nitrogen and oxygen atoms in total. The van der Waals surface area contributed by atoms with Gasteiger partial charge >= 0.3 is 0 Å². The average molecular weight is 246 g/mol. The SMILES string of the molecule is CCc1nn(C)cc1NC(=O)c1cnc(N)cn1. The smallest absolute Gasteiger partial charge is 0.275 e. The second-order valence-electron chi connectivity index (χ2n) is 3.80. The van der Waals surface area contributed by atoms with Crippen LogP contribution in [0.3, 0.4) is 0 Å². The van der Waals surface area contributed by atoms with E-state index in [1.807, 2.05) is 6.92 Å². The summed E-state index contributed by atoms with van der Waals surface area (Å²) in [5, 5.41) is 6.99. The van der Waals surface area contributed by atoms with Gasteiger partial charge in [0, 0.05) is 13.2 Å². The molecular weight excluding hydrogens is 232 g/mol. The summed E-state index contributed by atoms with van der Waals surface area (Å²) in [6, 6.07) is 0. The molecule has 2 heterocycles. The first kappa shape index (κ1) is 12.0. The zero-order valence-corrected chi connectivity index (χ0v) is 10.2. The Labute approximate surface area is 104 Å². The molecule has 1 amide bonds. The maximum Gasteiger partial charge on any atom is 0.275 e. The van der Waals surface area contributed by atoms with Gasteiger partial charge in [-0.2, -0.15) is 5.10 Å². The number of nitrogens with two attached hydrogens (primary N) is 1. The molecule has 0 radical (unpaired) electrons. The largest absolute Gasteiger partial charge is 0.382 e. The lowest BCUT2D eigenvalue weighted by atomic mass is 10.3. The number of carbonyl (C=O) groups excluding carboxylic acids is 1. The Bertz CT molecular complexity index is 559. The molecule has 0 fully saturated rings. The summed E-state index contributed by atoms with van der Waals surface area (Å²) < 4.78 is 1.66. The van der Waals surface area contributed by atoms with Gasteiger partial charge in [-0.15, -0.1) is 0 Å². The third-order valence-corrected chi connectivity index (χ3v) is 2.39. The summed E-state index contributed by atoms with van der Waals surface area (Å²) >= 11 is 0. The summed E-state index contributed by atoms with van der Waals surface area (Å²) in [4.78, 5) is 19.6. The van der Waals surface area contributed by atoms with Gasteiger partial charge in [-0.1, -0.05) is 6.92 Å². The Balaban J connectivity index is 2.18. The number of amides is 1. The van der Waals surface area contributed by atoms with Gasteiger partial charge in [0.2, 0.25) is 0 Å². The first-order valence-electron chi connectivity index (χ1n) is 5.51. The number of nitrogen functional groups attached to an aromatic ring is 1. The van der Waals surface area contributed by atoms with Crippen LogP contribution >= 0.6 is 0 Å². The van der Waals surface area contributed by atoms with Crippen LogP contribution in [0.1, 0.15) is 23.1 Å². The Hall–Kier alpha value is -2.44. The summed E-state index contributed by atoms with van der Waals surface area (Å²) in [5.74, 6) is -0.0487. The fraction of sp³-hybridized carbons (Fsp3) is 0.273. The van der Waals surface area contributed by atoms with E-state index in [2.05, 4.69) is 20.4 Å². The number of aryl methyl sites for hydroxylation is 2. The molecule has 0 saturated carbocycles. The number of hydrogen-bond acceptors (Lipinski definition) is 5. The van der Waals surface area contributed by atoms with Gasteiger partial charge < -0.3 is 11.1 Å². The molecule has 7 heteroatoms. The van der Waals surface area contributed by atoms with Crippen LogP contribution in [0.15, 0.2) is 18.6 Å². The Morgan fingerprint density at radius 1 is 1.44 bits per heavy atom. The van der Waals surface area contributed by atoms with Crippen LogP contribution in [-0.4, -0.2) is 25.7 Å². The minimum atomic E-state index is -0.329. The number of anilines is 2. The zero-order valence-electron chi connectivity index (χ0n) is 10.2. The van der Waals surface area contributed by atoms with Crippen LogP contribution in [0.2, 0.25) is 0 Å². The lowest BCUT2D eigenvalue weighted by Gasteiger charge is -2.03. The van der Waals surface area contributed by atoms with E-state index in [0.717, 1.165) is 12.1 Å². The van der Waals surface area contributed by atoms with Gasteiger partial charge in [-0.05, 0) is 6.42 Å². The van der Waals surface area contributed by atoms with Crippen molar-refractivity contribution in [2.75, 3.05) is 11.1 Å². The highest BCUT2D eigenvalue weighted by atomic mass is 16.1. The van der Waals surface area contributed by atoms with E-state index in [-0.39, 0.29) is 17.4 Å². The quantitative estimate of drug-likeness (QED) is 0.826. The molecule has 0 atom stereocenters. The third kappa shape index (κ3) is 2.45. The molecule has 0 aliphatic rings. The molecule has 2 aromatic rings. The number of hydrogen-bond donors (Lipinski definition) is 2. The van der Waals surface area contributed by atoms with Crippen LogP contribution < -0.4 is 11.1 Å². The molecule has 0 bridgehead atoms. The highest BCUT2D eigenvalue weighted by molar-refractivity contribution is 6.02. The topological polar surface area (TPSA) is 98.7 Å². The van der Waals surface area contributed by atoms with E-state index in [4.69, 9.17) is 5.73 Å². The van der Waals surface area contributed by atoms with Gasteiger partial charge in [-0.3, -0.25) is 9.48 Å². The van der Waals surface area contributed by atoms with Gasteiger partial charge in [0.05, 0.1) is 23.8 Å². The van der Waals surface area contributed by atoms with Crippen molar-refractivity contribution < 1.29 is 4.79 Å². The van der Waals surface area contributed by atoms with E-state index in [0.29, 0.717) is 5.69 Å². The molecule has 2 rings (SSSR count). The van der Waals surface area contributed by atoms with Crippen molar-refractivity contribution in [1.29, 1.82) is 0 Å². The molecule has 0 unspecified atom stereocenters. The van der Waals surface area contributed by atoms with Crippen molar-refractivity contribution in [3.05, 3.63) is 30.0 Å². The lowest BCUT2D eigenvalue weighted by Crippen LogP contribution is -2.14. The predicted octanol–water partition coefficient (Wildman–Crippen LogP) is 0.607. The number of nitrogens with zero attached hydrogens (tertiary/aromatic N) is 4. The highest BCUT2D eigenvalue weighted by Crippen LogP contribution is 2.14. The summed E-state index contributed by atoms with van der Waals surface area (Å²) in [7, 11) is 1.80. The van der Waals surface area contributed by atoms with Crippen molar-refractivity contribution in [1.82, 2.24) is 19.7 Å². The van der Waals surface area contributed by atoms with Crippen LogP contribution in [0.25, 0.3) is 0 Å². The summed E-state index contributed by atoms with van der Waals surface area (Å²) in [5.41, 5.74) is 7.14. The Morgan fingerprint density at radius 2 is 2.22 bits per heavy atom. The van der Waals surface area contributed by atoms with Crippen molar-refractivity contribution in [2.24, 2.45) is 7.05 Å². The van der Waals surface area contributed by atoms with Gasteiger partial charge in [0.25, 0.3) is 5.91 Å². The van der Waals surface area contributed by atoms with Crippen molar-refractivity contribution >= 4 is 17.4 Å². The molecule has 2 aromatic heterocycles. The summed E-state index contributed by atoms with van der Waals surface area (Å²) in [6.45, 7) is 1.97. The molecule has 0 aliphatic carbocycles. The van der Waals surface area contributed by atoms with Crippen molar-refractivity contribution in [3.63, 3.8) is 0 Å². The monoisotopic (exact) mass is 246 g/mol. The second kappa shape index (κ2) is 4.82. The number of aromatic nitrogens is 4. The maximum absolute atomic E-state index is 11.9. The lowest BCUT2D eigenvalue weighted by molar-refractivity contribution is 0.102. The van der Waals surface area contributed by atoms with Crippen LogP contribution in [0, 0.1) is 0 Å². The predicted molar refractivity (Wildman–Crippen MR) is 67.0 cm³/mol. The van der Waals surface area contributed by atoms with Crippen LogP contribution in [-0.2, 0) is 13.5 Å². The zero-order chi connectivity index (χ0) is 13.1. The maximum atomic E-state index is 11.9. The van der Waals surface area contributed by atoms with E-state index >= 15 is 0 Å². The van der Waals surface area contributed by atoms with Gasteiger partial charge in [0.1, 0.15) is 11.5 Å². The molecule has 0 spiro atoms. The molecule has 94 valence electrons. The Morgan fingerprint density at radius 3 is 2.83 bits per heavy atom. The molecular formula is C11H14N6O. The average Bonchev–Trinajstić information content (AvgIpc) is 2.70. The van der Waals surface area contributed by atoms with Crippen molar-refractivity contribution in [3.8, 4) is 0 Å². The second-order valence-corrected chi connectivity index (χ2v) is 3.80. The Kier molecular flexibility index (Phi) is 3.22.